The van der Waals surface area contributed by atoms with Gasteiger partial charge in [0, 0.05) is 31.1 Å². The van der Waals surface area contributed by atoms with Crippen LogP contribution in [0.25, 0.3) is 0 Å². The van der Waals surface area contributed by atoms with Crippen LogP contribution in [0.5, 0.6) is 0 Å². The van der Waals surface area contributed by atoms with Gasteiger partial charge in [0.15, 0.2) is 0 Å². The molecule has 2 aliphatic heterocycles. The largest absolute Gasteiger partial charge is 0.444 e. The molecular weight excluding hydrogens is 375 g/mol. The van der Waals surface area contributed by atoms with E-state index in [0.29, 0.717) is 25.9 Å². The van der Waals surface area contributed by atoms with Gasteiger partial charge in [0.2, 0.25) is 5.91 Å². The first-order valence-corrected chi connectivity index (χ1v) is 9.86. The van der Waals surface area contributed by atoms with Gasteiger partial charge in [-0.2, -0.15) is 13.2 Å². The molecule has 0 aliphatic carbocycles. The maximum atomic E-state index is 13.0. The zero-order valence-corrected chi connectivity index (χ0v) is 17.4. The second kappa shape index (κ2) is 8.47. The van der Waals surface area contributed by atoms with Crippen molar-refractivity contribution < 1.29 is 27.5 Å². The second-order valence-corrected chi connectivity index (χ2v) is 8.99. The zero-order valence-electron chi connectivity index (χ0n) is 17.4. The van der Waals surface area contributed by atoms with E-state index in [4.69, 9.17) is 4.74 Å². The van der Waals surface area contributed by atoms with Gasteiger partial charge in [-0.15, -0.1) is 0 Å². The van der Waals surface area contributed by atoms with Gasteiger partial charge in [-0.05, 0) is 60.5 Å². The summed E-state index contributed by atoms with van der Waals surface area (Å²) >= 11 is 0. The number of alkyl halides is 3. The normalized spacial score (nSPS) is 25.7. The van der Waals surface area contributed by atoms with Gasteiger partial charge in [-0.25, -0.2) is 4.79 Å². The summed E-state index contributed by atoms with van der Waals surface area (Å²) in [5.41, 5.74) is -0.586. The molecule has 0 aromatic carbocycles. The van der Waals surface area contributed by atoms with Crippen molar-refractivity contribution in [3.8, 4) is 0 Å². The molecule has 2 rings (SSSR count). The van der Waals surface area contributed by atoms with Gasteiger partial charge in [-0.1, -0.05) is 0 Å². The van der Waals surface area contributed by atoms with E-state index in [1.807, 2.05) is 34.6 Å². The molecule has 0 saturated carbocycles. The molecule has 2 saturated heterocycles. The number of amides is 2. The lowest BCUT2D eigenvalue weighted by Crippen LogP contribution is -2.61. The molecule has 0 bridgehead atoms. The van der Waals surface area contributed by atoms with E-state index in [1.54, 1.807) is 9.80 Å². The number of halogens is 3. The number of piperazine rings is 1. The molecule has 28 heavy (non-hydrogen) atoms. The van der Waals surface area contributed by atoms with Crippen LogP contribution in [0.1, 0.15) is 47.5 Å². The highest BCUT2D eigenvalue weighted by molar-refractivity contribution is 5.80. The summed E-state index contributed by atoms with van der Waals surface area (Å²) in [6, 6.07) is -0.343. The van der Waals surface area contributed by atoms with E-state index in [2.05, 4.69) is 0 Å². The Bertz CT molecular complexity index is 569. The van der Waals surface area contributed by atoms with Crippen molar-refractivity contribution in [2.75, 3.05) is 32.7 Å². The Labute approximate surface area is 165 Å². The minimum Gasteiger partial charge on any atom is -0.444 e. The molecule has 9 heteroatoms. The Kier molecular flexibility index (Phi) is 6.89. The van der Waals surface area contributed by atoms with Crippen molar-refractivity contribution >= 4 is 12.0 Å². The van der Waals surface area contributed by atoms with Crippen LogP contribution >= 0.6 is 0 Å². The summed E-state index contributed by atoms with van der Waals surface area (Å²) in [6.45, 7) is 9.61. The fourth-order valence-corrected chi connectivity index (χ4v) is 3.83. The molecule has 162 valence electrons. The Morgan fingerprint density at radius 1 is 0.964 bits per heavy atom. The Morgan fingerprint density at radius 2 is 1.46 bits per heavy atom. The molecule has 2 heterocycles. The van der Waals surface area contributed by atoms with Crippen LogP contribution in [-0.4, -0.2) is 83.3 Å². The number of rotatable bonds is 2. The number of carbonyl (C=O) groups is 2. The maximum Gasteiger partial charge on any atom is 0.410 e. The van der Waals surface area contributed by atoms with Crippen molar-refractivity contribution in [1.29, 1.82) is 0 Å². The van der Waals surface area contributed by atoms with Crippen LogP contribution in [0.4, 0.5) is 18.0 Å². The standard InChI is InChI=1S/C19H32F3N3O3/c1-13-11-25(17(27)28-18(3,4)5)14(2)10-24(13)16(26)15-6-8-23(9-7-15)12-19(20,21)22/h13-15H,6-12H2,1-5H3/t13-,14-/m0/s1. The van der Waals surface area contributed by atoms with Crippen molar-refractivity contribution in [2.24, 2.45) is 5.92 Å². The molecule has 2 fully saturated rings. The average Bonchev–Trinajstić information content (AvgIpc) is 2.53. The first-order chi connectivity index (χ1) is 12.8. The van der Waals surface area contributed by atoms with Crippen molar-refractivity contribution in [2.45, 2.75) is 71.3 Å². The van der Waals surface area contributed by atoms with Crippen molar-refractivity contribution in [3.63, 3.8) is 0 Å². The predicted molar refractivity (Wildman–Crippen MR) is 98.8 cm³/mol. The third-order valence-electron chi connectivity index (χ3n) is 5.24. The molecule has 2 amide bonds. The number of ether oxygens (including phenoxy) is 1. The quantitative estimate of drug-likeness (QED) is 0.706. The maximum absolute atomic E-state index is 13.0. The smallest absolute Gasteiger partial charge is 0.410 e. The van der Waals surface area contributed by atoms with Gasteiger partial charge in [0.1, 0.15) is 5.60 Å². The number of hydrogen-bond donors (Lipinski definition) is 0. The summed E-state index contributed by atoms with van der Waals surface area (Å²) in [7, 11) is 0. The van der Waals surface area contributed by atoms with Crippen LogP contribution < -0.4 is 0 Å². The van der Waals surface area contributed by atoms with E-state index >= 15 is 0 Å². The summed E-state index contributed by atoms with van der Waals surface area (Å²) in [5, 5.41) is 0. The zero-order chi connectivity index (χ0) is 21.3. The van der Waals surface area contributed by atoms with Gasteiger partial charge in [-0.3, -0.25) is 9.69 Å². The average molecular weight is 407 g/mol. The first kappa shape index (κ1) is 22.8. The van der Waals surface area contributed by atoms with E-state index < -0.39 is 18.3 Å². The summed E-state index contributed by atoms with van der Waals surface area (Å²) in [5.74, 6) is -0.276. The molecule has 0 N–H and O–H groups in total. The highest BCUT2D eigenvalue weighted by Crippen LogP contribution is 2.26. The van der Waals surface area contributed by atoms with E-state index in [0.717, 1.165) is 0 Å². The summed E-state index contributed by atoms with van der Waals surface area (Å²) in [4.78, 5) is 30.1. The number of piperidine rings is 1. The van der Waals surface area contributed by atoms with Crippen molar-refractivity contribution in [1.82, 2.24) is 14.7 Å². The topological polar surface area (TPSA) is 53.1 Å². The Morgan fingerprint density at radius 3 is 1.96 bits per heavy atom. The van der Waals surface area contributed by atoms with Crippen LogP contribution in [0.15, 0.2) is 0 Å². The molecule has 6 nitrogen and oxygen atoms in total. The van der Waals surface area contributed by atoms with Gasteiger partial charge < -0.3 is 14.5 Å². The molecule has 2 aliphatic rings. The van der Waals surface area contributed by atoms with Crippen molar-refractivity contribution in [3.05, 3.63) is 0 Å². The number of nitrogens with zero attached hydrogens (tertiary/aromatic N) is 3. The predicted octanol–water partition coefficient (Wildman–Crippen LogP) is 3.12. The molecule has 0 aromatic heterocycles. The number of likely N-dealkylation sites (tertiary alicyclic amines) is 1. The minimum atomic E-state index is -4.21. The lowest BCUT2D eigenvalue weighted by molar-refractivity contribution is -0.152. The summed E-state index contributed by atoms with van der Waals surface area (Å²) < 4.78 is 43.0. The molecule has 2 atom stereocenters. The lowest BCUT2D eigenvalue weighted by atomic mass is 9.93. The molecule has 0 radical (unpaired) electrons. The third-order valence-corrected chi connectivity index (χ3v) is 5.24. The highest BCUT2D eigenvalue weighted by atomic mass is 19.4. The fourth-order valence-electron chi connectivity index (χ4n) is 3.83. The molecular formula is C19H32F3N3O3. The van der Waals surface area contributed by atoms with Crippen LogP contribution in [-0.2, 0) is 9.53 Å². The second-order valence-electron chi connectivity index (χ2n) is 8.99. The van der Waals surface area contributed by atoms with Gasteiger partial charge in [0.25, 0.3) is 0 Å². The summed E-state index contributed by atoms with van der Waals surface area (Å²) in [6.07, 6.45) is -3.73. The van der Waals surface area contributed by atoms with Gasteiger partial charge >= 0.3 is 12.3 Å². The van der Waals surface area contributed by atoms with Crippen LogP contribution in [0, 0.1) is 5.92 Å². The first-order valence-electron chi connectivity index (χ1n) is 9.86. The fraction of sp³-hybridized carbons (Fsp3) is 0.895. The Balaban J connectivity index is 1.91. The lowest BCUT2D eigenvalue weighted by Gasteiger charge is -2.45. The molecule has 0 spiro atoms. The van der Waals surface area contributed by atoms with Gasteiger partial charge in [0.05, 0.1) is 6.54 Å². The van der Waals surface area contributed by atoms with E-state index in [1.165, 1.54) is 4.90 Å². The van der Waals surface area contributed by atoms with E-state index in [9.17, 15) is 22.8 Å². The minimum absolute atomic E-state index is 0.0187. The van der Waals surface area contributed by atoms with Crippen LogP contribution in [0.2, 0.25) is 0 Å². The molecule has 0 aromatic rings. The molecule has 0 unspecified atom stereocenters. The SMILES string of the molecule is C[C@H]1CN(C(=O)C2CCN(CC(F)(F)F)CC2)[C@@H](C)CN1C(=O)OC(C)(C)C. The number of hydrogen-bond acceptors (Lipinski definition) is 4. The highest BCUT2D eigenvalue weighted by Gasteiger charge is 2.40. The number of carbonyl (C=O) groups excluding carboxylic acids is 2. The third kappa shape index (κ3) is 6.25. The monoisotopic (exact) mass is 407 g/mol. The van der Waals surface area contributed by atoms with E-state index in [-0.39, 0.29) is 43.1 Å². The Hall–Kier alpha value is -1.51. The van der Waals surface area contributed by atoms with Crippen LogP contribution in [0.3, 0.4) is 0 Å².